The number of carbonyl (C=O) groups is 4. The van der Waals surface area contributed by atoms with Crippen LogP contribution in [0.3, 0.4) is 0 Å². The van der Waals surface area contributed by atoms with Crippen molar-refractivity contribution in [3.8, 4) is 0 Å². The number of phosphoric acid groups is 2. The lowest BCUT2D eigenvalue weighted by molar-refractivity contribution is -0.160. The third-order valence-corrected chi connectivity index (χ3v) is 17.5. The van der Waals surface area contributed by atoms with Crippen molar-refractivity contribution in [1.29, 1.82) is 0 Å². The number of aliphatic hydroxyl groups is 1. The number of esters is 4. The molecule has 0 saturated carbocycles. The second kappa shape index (κ2) is 74.0. The molecule has 0 aliphatic heterocycles. The third-order valence-electron chi connectivity index (χ3n) is 15.6. The predicted molar refractivity (Wildman–Crippen MR) is 417 cm³/mol. The summed E-state index contributed by atoms with van der Waals surface area (Å²) in [4.78, 5) is 72.8. The van der Waals surface area contributed by atoms with Crippen LogP contribution in [0.4, 0.5) is 0 Å². The summed E-state index contributed by atoms with van der Waals surface area (Å²) in [5, 5.41) is 10.6. The Morgan fingerprint density at radius 2 is 0.559 bits per heavy atom. The van der Waals surface area contributed by atoms with Gasteiger partial charge in [-0.15, -0.1) is 0 Å². The van der Waals surface area contributed by atoms with Crippen LogP contribution in [0.1, 0.15) is 285 Å². The minimum absolute atomic E-state index is 0.0719. The van der Waals surface area contributed by atoms with Crippen molar-refractivity contribution in [1.82, 2.24) is 0 Å². The highest BCUT2D eigenvalue weighted by atomic mass is 31.2. The van der Waals surface area contributed by atoms with Gasteiger partial charge in [0.15, 0.2) is 12.2 Å². The van der Waals surface area contributed by atoms with Crippen LogP contribution < -0.4 is 0 Å². The van der Waals surface area contributed by atoms with E-state index in [-0.39, 0.29) is 25.7 Å². The highest BCUT2D eigenvalue weighted by molar-refractivity contribution is 7.47. The molecular formula is C83H136O17P2. The first-order valence-corrected chi connectivity index (χ1v) is 41.7. The van der Waals surface area contributed by atoms with E-state index in [0.717, 1.165) is 141 Å². The Balaban J connectivity index is 5.49. The minimum Gasteiger partial charge on any atom is -0.462 e. The lowest BCUT2D eigenvalue weighted by Gasteiger charge is -2.21. The first-order valence-electron chi connectivity index (χ1n) is 38.7. The Morgan fingerprint density at radius 3 is 0.912 bits per heavy atom. The molecule has 3 N–H and O–H groups in total. The Kier molecular flexibility index (Phi) is 70.1. The van der Waals surface area contributed by atoms with Gasteiger partial charge in [-0.05, 0) is 109 Å². The molecule has 0 radical (unpaired) electrons. The largest absolute Gasteiger partial charge is 0.472 e. The van der Waals surface area contributed by atoms with E-state index in [1.54, 1.807) is 18.2 Å². The summed E-state index contributed by atoms with van der Waals surface area (Å²) in [6.07, 6.45) is 85.8. The summed E-state index contributed by atoms with van der Waals surface area (Å²) >= 11 is 0. The van der Waals surface area contributed by atoms with E-state index in [1.807, 2.05) is 30.4 Å². The van der Waals surface area contributed by atoms with Crippen LogP contribution in [0.5, 0.6) is 0 Å². The average Bonchev–Trinajstić information content (AvgIpc) is 0.926. The molecule has 0 aliphatic carbocycles. The van der Waals surface area contributed by atoms with Gasteiger partial charge >= 0.3 is 39.5 Å². The van der Waals surface area contributed by atoms with Crippen molar-refractivity contribution in [3.63, 3.8) is 0 Å². The van der Waals surface area contributed by atoms with E-state index < -0.39 is 97.5 Å². The van der Waals surface area contributed by atoms with Crippen molar-refractivity contribution in [3.05, 3.63) is 158 Å². The fraction of sp³-hybridized carbons (Fsp3) is 0.639. The van der Waals surface area contributed by atoms with Gasteiger partial charge in [-0.3, -0.25) is 37.3 Å². The summed E-state index contributed by atoms with van der Waals surface area (Å²) < 4.78 is 68.3. The molecule has 0 saturated heterocycles. The summed E-state index contributed by atoms with van der Waals surface area (Å²) in [6, 6.07) is 0. The number of carbonyl (C=O) groups excluding carboxylic acids is 4. The van der Waals surface area contributed by atoms with Crippen LogP contribution in [-0.2, 0) is 65.4 Å². The van der Waals surface area contributed by atoms with Crippen molar-refractivity contribution < 1.29 is 80.2 Å². The number of rotatable bonds is 71. The number of allylic oxidation sites excluding steroid dienone is 24. The highest BCUT2D eigenvalue weighted by Gasteiger charge is 2.30. The zero-order chi connectivity index (χ0) is 74.6. The van der Waals surface area contributed by atoms with Gasteiger partial charge in [0.1, 0.15) is 19.3 Å². The van der Waals surface area contributed by atoms with Crippen molar-refractivity contribution in [2.45, 2.75) is 303 Å². The lowest BCUT2D eigenvalue weighted by atomic mass is 10.0. The Morgan fingerprint density at radius 1 is 0.294 bits per heavy atom. The molecule has 0 aromatic heterocycles. The number of aliphatic hydroxyl groups excluding tert-OH is 1. The second-order valence-electron chi connectivity index (χ2n) is 25.2. The van der Waals surface area contributed by atoms with E-state index in [1.165, 1.54) is 64.2 Å². The zero-order valence-corrected chi connectivity index (χ0v) is 65.0. The fourth-order valence-corrected chi connectivity index (χ4v) is 11.4. The highest BCUT2D eigenvalue weighted by Crippen LogP contribution is 2.45. The zero-order valence-electron chi connectivity index (χ0n) is 63.2. The van der Waals surface area contributed by atoms with Crippen molar-refractivity contribution in [2.75, 3.05) is 39.6 Å². The molecule has 0 aromatic rings. The summed E-state index contributed by atoms with van der Waals surface area (Å²) in [7, 11) is -10.0. The Bertz CT molecular complexity index is 2550. The first-order chi connectivity index (χ1) is 49.7. The smallest absolute Gasteiger partial charge is 0.462 e. The number of ether oxygens (including phenoxy) is 4. The lowest BCUT2D eigenvalue weighted by Crippen LogP contribution is -2.30. The molecule has 5 atom stereocenters. The molecule has 580 valence electrons. The molecule has 0 aromatic carbocycles. The molecule has 0 rings (SSSR count). The molecule has 0 bridgehead atoms. The quantitative estimate of drug-likeness (QED) is 0.0169. The van der Waals surface area contributed by atoms with Gasteiger partial charge in [-0.1, -0.05) is 308 Å². The van der Waals surface area contributed by atoms with E-state index in [0.29, 0.717) is 25.7 Å². The molecule has 0 spiro atoms. The summed E-state index contributed by atoms with van der Waals surface area (Å²) in [5.41, 5.74) is 0. The van der Waals surface area contributed by atoms with Gasteiger partial charge in [0.05, 0.1) is 39.3 Å². The van der Waals surface area contributed by atoms with Crippen LogP contribution in [0.2, 0.25) is 0 Å². The molecule has 0 amide bonds. The van der Waals surface area contributed by atoms with Crippen LogP contribution in [0, 0.1) is 0 Å². The fourth-order valence-electron chi connectivity index (χ4n) is 9.79. The molecule has 0 heterocycles. The molecule has 102 heavy (non-hydrogen) atoms. The summed E-state index contributed by atoms with van der Waals surface area (Å²) in [5.74, 6) is -2.49. The number of hydrogen-bond donors (Lipinski definition) is 3. The molecule has 5 unspecified atom stereocenters. The van der Waals surface area contributed by atoms with Gasteiger partial charge in [-0.2, -0.15) is 0 Å². The van der Waals surface area contributed by atoms with Gasteiger partial charge in [-0.25, -0.2) is 9.13 Å². The maximum absolute atomic E-state index is 13.1. The normalized spacial score (nSPS) is 14.8. The predicted octanol–water partition coefficient (Wildman–Crippen LogP) is 22.4. The van der Waals surface area contributed by atoms with Crippen LogP contribution >= 0.6 is 15.6 Å². The number of hydrogen-bond acceptors (Lipinski definition) is 15. The summed E-state index contributed by atoms with van der Waals surface area (Å²) in [6.45, 7) is 4.29. The van der Waals surface area contributed by atoms with Gasteiger partial charge in [0, 0.05) is 12.8 Å². The maximum atomic E-state index is 13.1. The van der Waals surface area contributed by atoms with Crippen LogP contribution in [0.25, 0.3) is 0 Å². The standard InChI is InChI=1S/C83H136O17P2/c1-5-9-13-17-21-25-29-33-37-38-42-44-48-52-56-60-64-68-81(86)94-74-79(100-83(88)70-66-62-58-54-50-46-41-36-32-28-24-20-16-12-8-4)76-98-102(91,92)96-72-77(84)71-95-101(89,90)97-75-78(99-82(87)69-65-61-57-53-49-45-40-35-31-27-23-19-15-11-7-3)73-93-80(85)67-63-59-55-51-47-43-39-34-30-26-22-18-14-10-6-2/h9-10,12-14,16,21-22,24-26,28,33-34,36-37,39,41,47,50-51,54,59,62-63,66,77-79,84H,5-8,11,15,17-20,23,27,29-32,35,38,40,42-46,48-49,52-53,55-58,60-61,64-65,67-76H2,1-4H3,(H,89,90)(H,91,92)/b13-9-,14-10-,16-12-,25-21-,26-22-,28-24-,37-33-,39-34-,41-36-,51-47-,54-50-,63-59-,66-62-. The number of unbranched alkanes of at least 4 members (excludes halogenated alkanes) is 21. The van der Waals surface area contributed by atoms with E-state index in [9.17, 15) is 43.2 Å². The minimum atomic E-state index is -5.01. The molecule has 0 aliphatic rings. The third kappa shape index (κ3) is 73.0. The van der Waals surface area contributed by atoms with Gasteiger partial charge < -0.3 is 33.8 Å². The van der Waals surface area contributed by atoms with Gasteiger partial charge in [0.25, 0.3) is 0 Å². The van der Waals surface area contributed by atoms with Gasteiger partial charge in [0.2, 0.25) is 0 Å². The second-order valence-corrected chi connectivity index (χ2v) is 28.1. The maximum Gasteiger partial charge on any atom is 0.472 e. The monoisotopic (exact) mass is 1470 g/mol. The molecule has 0 fully saturated rings. The SMILES string of the molecule is CC/C=C\C/C=C\C/C=C\C/C=C\C/C=C\CC(=O)OCC(COP(=O)(O)OCC(O)COP(=O)(O)OCC(COC(=O)CCCCCCCCC/C=C\C/C=C\C/C=C\CC)OC(=O)C/C=C\C/C=C\C/C=C\C/C=C\C/C=C\CC)OC(=O)CCCCCCCCCCCCCCCCC. The molecule has 19 heteroatoms. The number of phosphoric ester groups is 2. The van der Waals surface area contributed by atoms with E-state index >= 15 is 0 Å². The van der Waals surface area contributed by atoms with E-state index in [2.05, 4.69) is 137 Å². The van der Waals surface area contributed by atoms with Crippen LogP contribution in [0.15, 0.2) is 158 Å². The Hall–Kier alpha value is -5.32. The molecule has 17 nitrogen and oxygen atoms in total. The van der Waals surface area contributed by atoms with E-state index in [4.69, 9.17) is 37.0 Å². The average molecular weight is 1470 g/mol. The topological polar surface area (TPSA) is 237 Å². The Labute approximate surface area is 617 Å². The van der Waals surface area contributed by atoms with Crippen molar-refractivity contribution in [2.24, 2.45) is 0 Å². The van der Waals surface area contributed by atoms with Crippen LogP contribution in [-0.4, -0.2) is 96.7 Å². The van der Waals surface area contributed by atoms with Crippen molar-refractivity contribution >= 4 is 39.5 Å². The first kappa shape index (κ1) is 96.7. The molecular weight excluding hydrogens is 1330 g/mol.